The molecule has 3 N–H and O–H groups in total. The molecule has 7 heteroatoms. The number of nitrogens with two attached hydrogens (primary N) is 1. The van der Waals surface area contributed by atoms with Gasteiger partial charge >= 0.3 is 6.03 Å². The fourth-order valence-electron chi connectivity index (χ4n) is 2.29. The topological polar surface area (TPSA) is 78.7 Å². The van der Waals surface area contributed by atoms with Crippen molar-refractivity contribution in [2.75, 3.05) is 38.0 Å². The van der Waals surface area contributed by atoms with Crippen molar-refractivity contribution >= 4 is 29.2 Å². The van der Waals surface area contributed by atoms with Gasteiger partial charge in [0, 0.05) is 36.9 Å². The van der Waals surface area contributed by atoms with Crippen LogP contribution in [-0.4, -0.2) is 54.5 Å². The van der Waals surface area contributed by atoms with Gasteiger partial charge in [-0.2, -0.15) is 0 Å². The van der Waals surface area contributed by atoms with Crippen LogP contribution < -0.4 is 11.1 Å². The summed E-state index contributed by atoms with van der Waals surface area (Å²) in [5, 5.41) is 3.47. The summed E-state index contributed by atoms with van der Waals surface area (Å²) >= 11 is 5.81. The number of carbonyl (C=O) groups excluding carboxylic acids is 2. The number of halogens is 1. The molecule has 2 rings (SSSR count). The van der Waals surface area contributed by atoms with E-state index in [2.05, 4.69) is 5.32 Å². The molecule has 114 valence electrons. The standard InChI is InChI=1S/C14H19ClN4O2/c15-11-2-4-12(5-3-11)17-14(21)19-7-1-6-18(8-9-19)10-13(16)20/h2-5H,1,6-10H2,(H2,16,20)(H,17,21). The summed E-state index contributed by atoms with van der Waals surface area (Å²) in [6.07, 6.45) is 0.821. The number of carbonyl (C=O) groups is 2. The van der Waals surface area contributed by atoms with E-state index in [0.717, 1.165) is 13.0 Å². The first kappa shape index (κ1) is 15.6. The fourth-order valence-corrected chi connectivity index (χ4v) is 2.41. The minimum absolute atomic E-state index is 0.141. The molecule has 1 aromatic rings. The lowest BCUT2D eigenvalue weighted by atomic mass is 10.3. The fraction of sp³-hybridized carbons (Fsp3) is 0.429. The number of hydrogen-bond acceptors (Lipinski definition) is 3. The second-order valence-electron chi connectivity index (χ2n) is 5.02. The molecule has 0 unspecified atom stereocenters. The molecular formula is C14H19ClN4O2. The van der Waals surface area contributed by atoms with E-state index in [0.29, 0.717) is 30.3 Å². The van der Waals surface area contributed by atoms with Crippen molar-refractivity contribution in [3.63, 3.8) is 0 Å². The summed E-state index contributed by atoms with van der Waals surface area (Å²) in [4.78, 5) is 26.9. The molecule has 3 amide bonds. The van der Waals surface area contributed by atoms with Gasteiger partial charge in [-0.05, 0) is 30.7 Å². The zero-order valence-corrected chi connectivity index (χ0v) is 12.5. The number of anilines is 1. The summed E-state index contributed by atoms with van der Waals surface area (Å²) < 4.78 is 0. The van der Waals surface area contributed by atoms with Crippen LogP contribution >= 0.6 is 11.6 Å². The molecule has 1 fully saturated rings. The van der Waals surface area contributed by atoms with E-state index in [4.69, 9.17) is 17.3 Å². The van der Waals surface area contributed by atoms with Gasteiger partial charge in [-0.3, -0.25) is 9.69 Å². The van der Waals surface area contributed by atoms with Crippen LogP contribution in [0.4, 0.5) is 10.5 Å². The third-order valence-corrected chi connectivity index (χ3v) is 3.60. The van der Waals surface area contributed by atoms with Crippen LogP contribution in [0.15, 0.2) is 24.3 Å². The van der Waals surface area contributed by atoms with Crippen LogP contribution in [0.1, 0.15) is 6.42 Å². The maximum Gasteiger partial charge on any atom is 0.321 e. The van der Waals surface area contributed by atoms with Crippen LogP contribution in [-0.2, 0) is 4.79 Å². The maximum atomic E-state index is 12.2. The van der Waals surface area contributed by atoms with E-state index >= 15 is 0 Å². The van der Waals surface area contributed by atoms with Crippen LogP contribution in [0.5, 0.6) is 0 Å². The Morgan fingerprint density at radius 3 is 2.52 bits per heavy atom. The Kier molecular flexibility index (Phi) is 5.41. The average molecular weight is 311 g/mol. The smallest absolute Gasteiger partial charge is 0.321 e. The molecule has 1 aromatic carbocycles. The molecule has 6 nitrogen and oxygen atoms in total. The van der Waals surface area contributed by atoms with Crippen molar-refractivity contribution in [2.45, 2.75) is 6.42 Å². The molecule has 0 radical (unpaired) electrons. The van der Waals surface area contributed by atoms with E-state index in [1.807, 2.05) is 4.90 Å². The van der Waals surface area contributed by atoms with E-state index in [1.54, 1.807) is 29.2 Å². The van der Waals surface area contributed by atoms with Gasteiger partial charge in [0.25, 0.3) is 0 Å². The second kappa shape index (κ2) is 7.28. The Balaban J connectivity index is 1.88. The molecule has 21 heavy (non-hydrogen) atoms. The predicted octanol–water partition coefficient (Wildman–Crippen LogP) is 1.36. The summed E-state index contributed by atoms with van der Waals surface area (Å²) in [6.45, 7) is 2.90. The van der Waals surface area contributed by atoms with E-state index in [1.165, 1.54) is 0 Å². The van der Waals surface area contributed by atoms with Gasteiger partial charge in [0.1, 0.15) is 0 Å². The largest absolute Gasteiger partial charge is 0.369 e. The molecular weight excluding hydrogens is 292 g/mol. The third kappa shape index (κ3) is 4.91. The lowest BCUT2D eigenvalue weighted by Crippen LogP contribution is -2.39. The Hall–Kier alpha value is -1.79. The Bertz CT molecular complexity index is 506. The molecule has 0 bridgehead atoms. The van der Waals surface area contributed by atoms with Crippen LogP contribution in [0.2, 0.25) is 5.02 Å². The lowest BCUT2D eigenvalue weighted by molar-refractivity contribution is -0.119. The first-order chi connectivity index (χ1) is 10.0. The van der Waals surface area contributed by atoms with Crippen LogP contribution in [0, 0.1) is 0 Å². The number of nitrogens with one attached hydrogen (secondary N) is 1. The van der Waals surface area contributed by atoms with E-state index < -0.39 is 0 Å². The summed E-state index contributed by atoms with van der Waals surface area (Å²) in [5.41, 5.74) is 5.91. The van der Waals surface area contributed by atoms with Gasteiger partial charge in [0.15, 0.2) is 0 Å². The maximum absolute atomic E-state index is 12.2. The Labute approximate surface area is 128 Å². The number of nitrogens with zero attached hydrogens (tertiary/aromatic N) is 2. The highest BCUT2D eigenvalue weighted by Gasteiger charge is 2.19. The minimum atomic E-state index is -0.339. The van der Waals surface area contributed by atoms with Crippen molar-refractivity contribution in [1.82, 2.24) is 9.80 Å². The normalized spacial score (nSPS) is 16.3. The minimum Gasteiger partial charge on any atom is -0.369 e. The van der Waals surface area contributed by atoms with Crippen molar-refractivity contribution < 1.29 is 9.59 Å². The molecule has 1 saturated heterocycles. The third-order valence-electron chi connectivity index (χ3n) is 3.35. The highest BCUT2D eigenvalue weighted by molar-refractivity contribution is 6.30. The van der Waals surface area contributed by atoms with Crippen molar-refractivity contribution in [1.29, 1.82) is 0 Å². The highest BCUT2D eigenvalue weighted by atomic mass is 35.5. The van der Waals surface area contributed by atoms with E-state index in [-0.39, 0.29) is 18.5 Å². The molecule has 0 atom stereocenters. The summed E-state index contributed by atoms with van der Waals surface area (Å²) in [5.74, 6) is -0.339. The Morgan fingerprint density at radius 2 is 1.86 bits per heavy atom. The van der Waals surface area contributed by atoms with Gasteiger partial charge in [-0.15, -0.1) is 0 Å². The predicted molar refractivity (Wildman–Crippen MR) is 82.3 cm³/mol. The van der Waals surface area contributed by atoms with Gasteiger partial charge in [-0.1, -0.05) is 11.6 Å². The molecule has 1 aliphatic rings. The number of amides is 3. The first-order valence-corrected chi connectivity index (χ1v) is 7.24. The van der Waals surface area contributed by atoms with Crippen LogP contribution in [0.3, 0.4) is 0 Å². The summed E-state index contributed by atoms with van der Waals surface area (Å²) in [7, 11) is 0. The van der Waals surface area contributed by atoms with Gasteiger partial charge < -0.3 is 16.0 Å². The molecule has 1 heterocycles. The lowest BCUT2D eigenvalue weighted by Gasteiger charge is -2.21. The number of primary amides is 1. The molecule has 0 spiro atoms. The summed E-state index contributed by atoms with van der Waals surface area (Å²) in [6, 6.07) is 6.84. The van der Waals surface area contributed by atoms with Gasteiger partial charge in [0.2, 0.25) is 5.91 Å². The zero-order chi connectivity index (χ0) is 15.2. The molecule has 0 aliphatic carbocycles. The SMILES string of the molecule is NC(=O)CN1CCCN(C(=O)Nc2ccc(Cl)cc2)CC1. The second-order valence-corrected chi connectivity index (χ2v) is 5.46. The van der Waals surface area contributed by atoms with Crippen molar-refractivity contribution in [3.05, 3.63) is 29.3 Å². The molecule has 1 aliphatic heterocycles. The quantitative estimate of drug-likeness (QED) is 0.885. The number of benzene rings is 1. The Morgan fingerprint density at radius 1 is 1.14 bits per heavy atom. The van der Waals surface area contributed by atoms with Crippen LogP contribution in [0.25, 0.3) is 0 Å². The van der Waals surface area contributed by atoms with Gasteiger partial charge in [0.05, 0.1) is 6.54 Å². The van der Waals surface area contributed by atoms with Crippen molar-refractivity contribution in [2.24, 2.45) is 5.73 Å². The number of urea groups is 1. The van der Waals surface area contributed by atoms with Gasteiger partial charge in [-0.25, -0.2) is 4.79 Å². The highest BCUT2D eigenvalue weighted by Crippen LogP contribution is 2.14. The average Bonchev–Trinajstić information content (AvgIpc) is 2.66. The van der Waals surface area contributed by atoms with Crippen molar-refractivity contribution in [3.8, 4) is 0 Å². The molecule has 0 aromatic heterocycles. The monoisotopic (exact) mass is 310 g/mol. The molecule has 0 saturated carbocycles. The first-order valence-electron chi connectivity index (χ1n) is 6.87. The number of hydrogen-bond donors (Lipinski definition) is 2. The van der Waals surface area contributed by atoms with E-state index in [9.17, 15) is 9.59 Å². The number of rotatable bonds is 3. The zero-order valence-electron chi connectivity index (χ0n) is 11.7.